The highest BCUT2D eigenvalue weighted by Gasteiger charge is 2.30. The van der Waals surface area contributed by atoms with Gasteiger partial charge in [-0.3, -0.25) is 4.99 Å². The van der Waals surface area contributed by atoms with E-state index in [0.717, 1.165) is 51.5 Å². The third-order valence-corrected chi connectivity index (χ3v) is 5.52. The number of rotatable bonds is 4. The molecule has 7 heteroatoms. The van der Waals surface area contributed by atoms with E-state index < -0.39 is 5.60 Å². The molecule has 3 atom stereocenters. The highest BCUT2D eigenvalue weighted by Crippen LogP contribution is 2.33. The topological polar surface area (TPSA) is 75.2 Å². The molecule has 0 bridgehead atoms. The van der Waals surface area contributed by atoms with Gasteiger partial charge in [0.15, 0.2) is 5.96 Å². The van der Waals surface area contributed by atoms with E-state index in [4.69, 9.17) is 9.47 Å². The number of amides is 1. The maximum absolute atomic E-state index is 12.1. The van der Waals surface area contributed by atoms with Crippen molar-refractivity contribution in [1.29, 1.82) is 0 Å². The second kappa shape index (κ2) is 10.2. The van der Waals surface area contributed by atoms with Crippen molar-refractivity contribution in [3.05, 3.63) is 35.9 Å². The number of guanidine groups is 1. The molecule has 2 N–H and O–H groups in total. The van der Waals surface area contributed by atoms with Crippen LogP contribution in [-0.4, -0.2) is 61.9 Å². The summed E-state index contributed by atoms with van der Waals surface area (Å²) in [5.41, 5.74) is 0.749. The summed E-state index contributed by atoms with van der Waals surface area (Å²) < 4.78 is 11.5. The van der Waals surface area contributed by atoms with Crippen LogP contribution in [0.1, 0.15) is 51.7 Å². The molecule has 1 amide bonds. The Morgan fingerprint density at radius 2 is 2.03 bits per heavy atom. The Kier molecular flexibility index (Phi) is 7.58. The van der Waals surface area contributed by atoms with Gasteiger partial charge in [-0.1, -0.05) is 30.3 Å². The van der Waals surface area contributed by atoms with Crippen molar-refractivity contribution < 1.29 is 14.3 Å². The van der Waals surface area contributed by atoms with Crippen LogP contribution in [0, 0.1) is 5.92 Å². The summed E-state index contributed by atoms with van der Waals surface area (Å²) >= 11 is 0. The molecule has 7 nitrogen and oxygen atoms in total. The molecule has 0 saturated carbocycles. The van der Waals surface area contributed by atoms with Crippen molar-refractivity contribution in [3.63, 3.8) is 0 Å². The first-order valence-corrected chi connectivity index (χ1v) is 11.0. The van der Waals surface area contributed by atoms with Crippen molar-refractivity contribution in [3.8, 4) is 0 Å². The first-order valence-electron chi connectivity index (χ1n) is 11.0. The first kappa shape index (κ1) is 22.4. The van der Waals surface area contributed by atoms with E-state index in [1.165, 1.54) is 5.56 Å². The Hall–Kier alpha value is -2.28. The Morgan fingerprint density at radius 3 is 2.73 bits per heavy atom. The van der Waals surface area contributed by atoms with Gasteiger partial charge >= 0.3 is 6.09 Å². The summed E-state index contributed by atoms with van der Waals surface area (Å²) in [6.07, 6.45) is 2.85. The van der Waals surface area contributed by atoms with Crippen LogP contribution >= 0.6 is 0 Å². The Labute approximate surface area is 180 Å². The fourth-order valence-electron chi connectivity index (χ4n) is 4.16. The Morgan fingerprint density at radius 1 is 1.27 bits per heavy atom. The average Bonchev–Trinajstić information content (AvgIpc) is 3.16. The molecule has 0 spiro atoms. The summed E-state index contributed by atoms with van der Waals surface area (Å²) in [7, 11) is 1.81. The number of hydrogen-bond acceptors (Lipinski definition) is 4. The number of alkyl carbamates (subject to hydrolysis) is 1. The van der Waals surface area contributed by atoms with Crippen LogP contribution in [0.25, 0.3) is 0 Å². The molecule has 166 valence electrons. The summed E-state index contributed by atoms with van der Waals surface area (Å²) in [5.74, 6) is 1.28. The largest absolute Gasteiger partial charge is 0.444 e. The molecule has 2 fully saturated rings. The molecular formula is C23H36N4O3. The van der Waals surface area contributed by atoms with Crippen LogP contribution in [-0.2, 0) is 9.47 Å². The highest BCUT2D eigenvalue weighted by molar-refractivity contribution is 5.80. The monoisotopic (exact) mass is 416 g/mol. The number of benzene rings is 1. The van der Waals surface area contributed by atoms with Gasteiger partial charge in [-0.25, -0.2) is 4.79 Å². The molecular weight excluding hydrogens is 380 g/mol. The predicted octanol–water partition coefficient (Wildman–Crippen LogP) is 3.33. The second-order valence-corrected chi connectivity index (χ2v) is 9.11. The predicted molar refractivity (Wildman–Crippen MR) is 119 cm³/mol. The molecule has 2 saturated heterocycles. The lowest BCUT2D eigenvalue weighted by Gasteiger charge is -2.33. The minimum Gasteiger partial charge on any atom is -0.444 e. The molecule has 30 heavy (non-hydrogen) atoms. The zero-order chi connectivity index (χ0) is 21.6. The van der Waals surface area contributed by atoms with Gasteiger partial charge in [0.05, 0.1) is 12.1 Å². The van der Waals surface area contributed by atoms with E-state index in [2.05, 4.69) is 44.8 Å². The van der Waals surface area contributed by atoms with Gasteiger partial charge in [-0.05, 0) is 45.6 Å². The van der Waals surface area contributed by atoms with Crippen LogP contribution in [0.4, 0.5) is 4.79 Å². The van der Waals surface area contributed by atoms with Crippen LogP contribution in [0.2, 0.25) is 0 Å². The number of nitrogens with one attached hydrogen (secondary N) is 2. The molecule has 2 aliphatic rings. The van der Waals surface area contributed by atoms with Gasteiger partial charge in [0.2, 0.25) is 0 Å². The fraction of sp³-hybridized carbons (Fsp3) is 0.652. The summed E-state index contributed by atoms with van der Waals surface area (Å²) in [5, 5.41) is 6.52. The number of likely N-dealkylation sites (tertiary alicyclic amines) is 1. The zero-order valence-corrected chi connectivity index (χ0v) is 18.7. The number of ether oxygens (including phenoxy) is 2. The zero-order valence-electron chi connectivity index (χ0n) is 18.7. The van der Waals surface area contributed by atoms with Crippen LogP contribution in [0.5, 0.6) is 0 Å². The van der Waals surface area contributed by atoms with Crippen molar-refractivity contribution in [2.75, 3.05) is 33.3 Å². The minimum absolute atomic E-state index is 0.0634. The maximum Gasteiger partial charge on any atom is 0.407 e. The first-order chi connectivity index (χ1) is 14.4. The molecule has 0 aliphatic carbocycles. The van der Waals surface area contributed by atoms with Gasteiger partial charge in [0.1, 0.15) is 5.60 Å². The van der Waals surface area contributed by atoms with Crippen molar-refractivity contribution in [2.45, 2.75) is 57.8 Å². The van der Waals surface area contributed by atoms with Crippen molar-refractivity contribution in [2.24, 2.45) is 10.9 Å². The third-order valence-electron chi connectivity index (χ3n) is 5.52. The Balaban J connectivity index is 1.51. The van der Waals surface area contributed by atoms with Gasteiger partial charge in [-0.15, -0.1) is 0 Å². The lowest BCUT2D eigenvalue weighted by Crippen LogP contribution is -2.46. The average molecular weight is 417 g/mol. The summed E-state index contributed by atoms with van der Waals surface area (Å²) in [4.78, 5) is 18.7. The molecule has 2 aliphatic heterocycles. The lowest BCUT2D eigenvalue weighted by atomic mass is 9.89. The molecule has 0 aromatic heterocycles. The number of aliphatic imine (C=N–C) groups is 1. The number of carbonyl (C=O) groups is 1. The lowest BCUT2D eigenvalue weighted by molar-refractivity contribution is -0.0266. The minimum atomic E-state index is -0.489. The van der Waals surface area contributed by atoms with Crippen molar-refractivity contribution in [1.82, 2.24) is 15.5 Å². The summed E-state index contributed by atoms with van der Waals surface area (Å²) in [6.45, 7) is 8.82. The van der Waals surface area contributed by atoms with E-state index in [9.17, 15) is 4.79 Å². The van der Waals surface area contributed by atoms with Crippen molar-refractivity contribution >= 4 is 12.1 Å². The van der Waals surface area contributed by atoms with E-state index in [1.54, 1.807) is 0 Å². The fourth-order valence-corrected chi connectivity index (χ4v) is 4.16. The molecule has 2 heterocycles. The number of nitrogens with zero attached hydrogens (tertiary/aromatic N) is 2. The Bertz CT molecular complexity index is 717. The SMILES string of the molecule is CN=C(NCC1CCCOC1c1ccccc1)N1CCC(NC(=O)OC(C)(C)C)C1. The quantitative estimate of drug-likeness (QED) is 0.582. The molecule has 3 unspecified atom stereocenters. The molecule has 0 radical (unpaired) electrons. The van der Waals surface area contributed by atoms with Crippen LogP contribution in [0.15, 0.2) is 35.3 Å². The summed E-state index contributed by atoms with van der Waals surface area (Å²) in [6, 6.07) is 10.5. The standard InChI is InChI=1S/C23H36N4O3/c1-23(2,3)30-22(28)26-19-12-13-27(16-19)21(24-4)25-15-18-11-8-14-29-20(18)17-9-6-5-7-10-17/h5-7,9-10,18-20H,8,11-16H2,1-4H3,(H,24,25)(H,26,28). The van der Waals surface area contributed by atoms with E-state index in [1.807, 2.05) is 33.9 Å². The van der Waals surface area contributed by atoms with Gasteiger partial charge in [0.25, 0.3) is 0 Å². The third kappa shape index (κ3) is 6.36. The van der Waals surface area contributed by atoms with Crippen LogP contribution in [0.3, 0.4) is 0 Å². The molecule has 3 rings (SSSR count). The van der Waals surface area contributed by atoms with E-state index in [-0.39, 0.29) is 18.2 Å². The molecule has 1 aromatic carbocycles. The maximum atomic E-state index is 12.1. The highest BCUT2D eigenvalue weighted by atomic mass is 16.6. The van der Waals surface area contributed by atoms with Gasteiger partial charge in [0, 0.05) is 39.2 Å². The second-order valence-electron chi connectivity index (χ2n) is 9.11. The van der Waals surface area contributed by atoms with E-state index in [0.29, 0.717) is 5.92 Å². The van der Waals surface area contributed by atoms with E-state index >= 15 is 0 Å². The van der Waals surface area contributed by atoms with Gasteiger partial charge < -0.3 is 25.0 Å². The smallest absolute Gasteiger partial charge is 0.407 e. The number of carbonyl (C=O) groups excluding carboxylic acids is 1. The number of hydrogen-bond donors (Lipinski definition) is 2. The van der Waals surface area contributed by atoms with Crippen LogP contribution < -0.4 is 10.6 Å². The normalized spacial score (nSPS) is 25.1. The van der Waals surface area contributed by atoms with Gasteiger partial charge in [-0.2, -0.15) is 0 Å². The molecule has 1 aromatic rings.